The number of anilines is 1. The van der Waals surface area contributed by atoms with E-state index in [1.54, 1.807) is 17.9 Å². The van der Waals surface area contributed by atoms with E-state index in [0.717, 1.165) is 37.4 Å². The Labute approximate surface area is 129 Å². The fourth-order valence-corrected chi connectivity index (χ4v) is 3.21. The molecule has 9 heteroatoms. The Morgan fingerprint density at radius 1 is 1.32 bits per heavy atom. The molecule has 1 saturated heterocycles. The first-order valence-corrected chi connectivity index (χ1v) is 9.11. The van der Waals surface area contributed by atoms with Crippen LogP contribution in [0.15, 0.2) is 18.5 Å². The smallest absolute Gasteiger partial charge is 0.210 e. The highest BCUT2D eigenvalue weighted by Gasteiger charge is 2.24. The summed E-state index contributed by atoms with van der Waals surface area (Å²) in [6.45, 7) is 2.34. The van der Waals surface area contributed by atoms with E-state index in [1.807, 2.05) is 12.1 Å². The summed E-state index contributed by atoms with van der Waals surface area (Å²) in [6, 6.07) is 3.85. The van der Waals surface area contributed by atoms with Crippen molar-refractivity contribution in [3.63, 3.8) is 0 Å². The summed E-state index contributed by atoms with van der Waals surface area (Å²) >= 11 is 0. The van der Waals surface area contributed by atoms with Gasteiger partial charge in [0, 0.05) is 26.7 Å². The van der Waals surface area contributed by atoms with Crippen LogP contribution in [-0.2, 0) is 10.0 Å². The summed E-state index contributed by atoms with van der Waals surface area (Å²) in [4.78, 5) is 2.22. The van der Waals surface area contributed by atoms with E-state index >= 15 is 0 Å². The molecule has 3 rings (SSSR count). The molecule has 0 unspecified atom stereocenters. The van der Waals surface area contributed by atoms with Gasteiger partial charge in [0.2, 0.25) is 10.0 Å². The Morgan fingerprint density at radius 3 is 2.73 bits per heavy atom. The normalized spacial score (nSPS) is 17.5. The van der Waals surface area contributed by atoms with Crippen LogP contribution in [0.3, 0.4) is 0 Å². The van der Waals surface area contributed by atoms with E-state index in [9.17, 15) is 8.42 Å². The van der Waals surface area contributed by atoms with Crippen molar-refractivity contribution in [3.05, 3.63) is 18.5 Å². The highest BCUT2D eigenvalue weighted by atomic mass is 32.2. The van der Waals surface area contributed by atoms with Crippen molar-refractivity contribution in [2.75, 3.05) is 37.8 Å². The minimum Gasteiger partial charge on any atom is -0.355 e. The number of fused-ring (bicyclic) bond motifs is 1. The van der Waals surface area contributed by atoms with Crippen molar-refractivity contribution in [3.8, 4) is 0 Å². The monoisotopic (exact) mass is 324 g/mol. The Hall–Kier alpha value is -1.74. The van der Waals surface area contributed by atoms with Crippen LogP contribution in [0.2, 0.25) is 0 Å². The van der Waals surface area contributed by atoms with Gasteiger partial charge >= 0.3 is 0 Å². The summed E-state index contributed by atoms with van der Waals surface area (Å²) in [5.74, 6) is 1.30. The molecule has 1 fully saturated rings. The van der Waals surface area contributed by atoms with Gasteiger partial charge in [0.15, 0.2) is 5.65 Å². The van der Waals surface area contributed by atoms with Gasteiger partial charge in [0.25, 0.3) is 0 Å². The third-order valence-electron chi connectivity index (χ3n) is 4.17. The van der Waals surface area contributed by atoms with Gasteiger partial charge in [-0.2, -0.15) is 4.52 Å². The highest BCUT2D eigenvalue weighted by molar-refractivity contribution is 7.88. The lowest BCUT2D eigenvalue weighted by Crippen LogP contribution is -2.39. The summed E-state index contributed by atoms with van der Waals surface area (Å²) in [6.07, 6.45) is 4.76. The predicted molar refractivity (Wildman–Crippen MR) is 83.2 cm³/mol. The number of sulfonamides is 1. The molecule has 0 amide bonds. The quantitative estimate of drug-likeness (QED) is 0.801. The molecule has 1 aliphatic heterocycles. The molecule has 120 valence electrons. The topological polar surface area (TPSA) is 83.7 Å². The van der Waals surface area contributed by atoms with E-state index in [0.29, 0.717) is 12.5 Å². The number of hydrogen-bond donors (Lipinski definition) is 0. The van der Waals surface area contributed by atoms with Crippen LogP contribution in [-0.4, -0.2) is 65.5 Å². The van der Waals surface area contributed by atoms with Crippen molar-refractivity contribution in [2.24, 2.45) is 5.92 Å². The molecule has 22 heavy (non-hydrogen) atoms. The zero-order valence-electron chi connectivity index (χ0n) is 12.8. The van der Waals surface area contributed by atoms with Crippen molar-refractivity contribution in [2.45, 2.75) is 12.8 Å². The molecule has 0 N–H and O–H groups in total. The molecular weight excluding hydrogens is 304 g/mol. The van der Waals surface area contributed by atoms with E-state index in [2.05, 4.69) is 20.2 Å². The number of hydrogen-bond acceptors (Lipinski definition) is 6. The first-order chi connectivity index (χ1) is 10.4. The SMILES string of the molecule is CN(CC1CCN(c2ccc3nncn3n2)CC1)S(C)(=O)=O. The fourth-order valence-electron chi connectivity index (χ4n) is 2.73. The second-order valence-corrected chi connectivity index (χ2v) is 7.89. The minimum atomic E-state index is -3.10. The Balaban J connectivity index is 1.61. The maximum atomic E-state index is 11.5. The molecule has 0 spiro atoms. The molecule has 0 saturated carbocycles. The summed E-state index contributed by atoms with van der Waals surface area (Å²) in [5.41, 5.74) is 0.730. The number of rotatable bonds is 4. The molecule has 0 bridgehead atoms. The Kier molecular flexibility index (Phi) is 4.00. The lowest BCUT2D eigenvalue weighted by Gasteiger charge is -2.33. The Morgan fingerprint density at radius 2 is 2.05 bits per heavy atom. The summed E-state index contributed by atoms with van der Waals surface area (Å²) in [5, 5.41) is 12.3. The summed E-state index contributed by atoms with van der Waals surface area (Å²) < 4.78 is 26.1. The van der Waals surface area contributed by atoms with E-state index in [1.165, 1.54) is 10.6 Å². The van der Waals surface area contributed by atoms with Crippen LogP contribution in [0.25, 0.3) is 5.65 Å². The van der Waals surface area contributed by atoms with Gasteiger partial charge in [-0.1, -0.05) is 0 Å². The Bertz CT molecular complexity index is 751. The van der Waals surface area contributed by atoms with Crippen molar-refractivity contribution in [1.82, 2.24) is 24.1 Å². The van der Waals surface area contributed by atoms with Gasteiger partial charge in [-0.05, 0) is 30.9 Å². The van der Waals surface area contributed by atoms with E-state index in [-0.39, 0.29) is 0 Å². The molecule has 0 atom stereocenters. The van der Waals surface area contributed by atoms with Crippen LogP contribution < -0.4 is 4.90 Å². The van der Waals surface area contributed by atoms with Crippen molar-refractivity contribution < 1.29 is 8.42 Å². The van der Waals surface area contributed by atoms with Crippen molar-refractivity contribution in [1.29, 1.82) is 0 Å². The molecular formula is C13H20N6O2S. The molecule has 2 aromatic rings. The van der Waals surface area contributed by atoms with Gasteiger partial charge in [0.05, 0.1) is 6.26 Å². The molecule has 0 radical (unpaired) electrons. The lowest BCUT2D eigenvalue weighted by atomic mass is 9.97. The zero-order valence-corrected chi connectivity index (χ0v) is 13.6. The zero-order chi connectivity index (χ0) is 15.7. The van der Waals surface area contributed by atoms with Crippen LogP contribution in [0.1, 0.15) is 12.8 Å². The second kappa shape index (κ2) is 5.81. The molecule has 2 aromatic heterocycles. The van der Waals surface area contributed by atoms with Gasteiger partial charge in [-0.15, -0.1) is 15.3 Å². The van der Waals surface area contributed by atoms with Gasteiger partial charge < -0.3 is 4.90 Å². The first kappa shape index (κ1) is 15.2. The average molecular weight is 324 g/mol. The maximum Gasteiger partial charge on any atom is 0.210 e. The second-order valence-electron chi connectivity index (χ2n) is 5.80. The molecule has 0 aromatic carbocycles. The fraction of sp³-hybridized carbons (Fsp3) is 0.615. The van der Waals surface area contributed by atoms with Gasteiger partial charge in [-0.3, -0.25) is 0 Å². The van der Waals surface area contributed by atoms with Crippen molar-refractivity contribution >= 4 is 21.5 Å². The number of piperidine rings is 1. The standard InChI is InChI=1S/C13H20N6O2S/c1-17(22(2,20)21)9-11-5-7-18(8-6-11)13-4-3-12-15-14-10-19(12)16-13/h3-4,10-11H,5-9H2,1-2H3. The summed E-state index contributed by atoms with van der Waals surface area (Å²) in [7, 11) is -1.45. The number of nitrogens with zero attached hydrogens (tertiary/aromatic N) is 6. The van der Waals surface area contributed by atoms with Crippen LogP contribution >= 0.6 is 0 Å². The van der Waals surface area contributed by atoms with Gasteiger partial charge in [0.1, 0.15) is 12.1 Å². The predicted octanol–water partition coefficient (Wildman–Crippen LogP) is 0.232. The lowest BCUT2D eigenvalue weighted by molar-refractivity contribution is 0.328. The minimum absolute atomic E-state index is 0.398. The number of aromatic nitrogens is 4. The average Bonchev–Trinajstić information content (AvgIpc) is 2.94. The molecule has 8 nitrogen and oxygen atoms in total. The largest absolute Gasteiger partial charge is 0.355 e. The van der Waals surface area contributed by atoms with E-state index < -0.39 is 10.0 Å². The van der Waals surface area contributed by atoms with E-state index in [4.69, 9.17) is 0 Å². The van der Waals surface area contributed by atoms with Crippen LogP contribution in [0.4, 0.5) is 5.82 Å². The van der Waals surface area contributed by atoms with Crippen LogP contribution in [0.5, 0.6) is 0 Å². The molecule has 3 heterocycles. The van der Waals surface area contributed by atoms with Crippen LogP contribution in [0, 0.1) is 5.92 Å². The van der Waals surface area contributed by atoms with Gasteiger partial charge in [-0.25, -0.2) is 12.7 Å². The highest BCUT2D eigenvalue weighted by Crippen LogP contribution is 2.22. The molecule has 0 aliphatic carbocycles. The first-order valence-electron chi connectivity index (χ1n) is 7.27. The third kappa shape index (κ3) is 3.20. The maximum absolute atomic E-state index is 11.5. The third-order valence-corrected chi connectivity index (χ3v) is 5.45. The molecule has 1 aliphatic rings.